The number of alkyl halides is 3. The van der Waals surface area contributed by atoms with Crippen LogP contribution in [0, 0.1) is 0 Å². The molecule has 6 nitrogen and oxygen atoms in total. The van der Waals surface area contributed by atoms with Crippen LogP contribution in [-0.4, -0.2) is 52.1 Å². The molecule has 1 amide bonds. The molecule has 0 radical (unpaired) electrons. The van der Waals surface area contributed by atoms with Crippen molar-refractivity contribution in [3.63, 3.8) is 0 Å². The molecule has 2 heterocycles. The maximum absolute atomic E-state index is 12.7. The van der Waals surface area contributed by atoms with Crippen LogP contribution in [0.3, 0.4) is 0 Å². The summed E-state index contributed by atoms with van der Waals surface area (Å²) >= 11 is 0. The second-order valence-electron chi connectivity index (χ2n) is 6.30. The predicted octanol–water partition coefficient (Wildman–Crippen LogP) is 2.41. The first-order chi connectivity index (χ1) is 13.3. The van der Waals surface area contributed by atoms with Gasteiger partial charge < -0.3 is 14.9 Å². The van der Waals surface area contributed by atoms with Gasteiger partial charge in [0.15, 0.2) is 5.82 Å². The van der Waals surface area contributed by atoms with Crippen LogP contribution < -0.4 is 4.90 Å². The molecule has 148 valence electrons. The van der Waals surface area contributed by atoms with Crippen molar-refractivity contribution in [3.05, 3.63) is 66.1 Å². The summed E-state index contributed by atoms with van der Waals surface area (Å²) < 4.78 is 38.2. The van der Waals surface area contributed by atoms with Gasteiger partial charge in [-0.25, -0.2) is 4.98 Å². The summed E-state index contributed by atoms with van der Waals surface area (Å²) in [6.07, 6.45) is -1.50. The van der Waals surface area contributed by atoms with Crippen molar-refractivity contribution in [1.29, 1.82) is 0 Å². The highest BCUT2D eigenvalue weighted by Crippen LogP contribution is 2.32. The van der Waals surface area contributed by atoms with Crippen molar-refractivity contribution in [2.75, 3.05) is 31.1 Å². The quantitative estimate of drug-likeness (QED) is 0.810. The molecule has 0 aliphatic carbocycles. The summed E-state index contributed by atoms with van der Waals surface area (Å²) in [6.45, 7) is 5.40. The van der Waals surface area contributed by atoms with E-state index in [2.05, 4.69) is 16.5 Å². The number of halogens is 3. The highest BCUT2D eigenvalue weighted by molar-refractivity contribution is 5.87. The van der Waals surface area contributed by atoms with E-state index in [-0.39, 0.29) is 17.2 Å². The Morgan fingerprint density at radius 1 is 1.11 bits per heavy atom. The summed E-state index contributed by atoms with van der Waals surface area (Å²) in [7, 11) is 0. The zero-order valence-corrected chi connectivity index (χ0v) is 14.9. The predicted molar refractivity (Wildman–Crippen MR) is 96.5 cm³/mol. The Hall–Kier alpha value is -2.94. The maximum Gasteiger partial charge on any atom is 0.416 e. The van der Waals surface area contributed by atoms with Gasteiger partial charge in [0.2, 0.25) is 5.91 Å². The molecule has 1 N–H and O–H groups in total. The maximum atomic E-state index is 12.7. The van der Waals surface area contributed by atoms with Crippen LogP contribution in [0.15, 0.2) is 49.3 Å². The molecule has 1 aliphatic rings. The molecule has 1 unspecified atom stereocenters. The number of carbonyl (C=O) groups excluding carboxylic acids is 1. The number of aliphatic hydroxyl groups is 1. The topological polar surface area (TPSA) is 69.6 Å². The number of hydrogen-bond donors (Lipinski definition) is 1. The van der Waals surface area contributed by atoms with Gasteiger partial charge in [0.25, 0.3) is 0 Å². The van der Waals surface area contributed by atoms with E-state index < -0.39 is 17.8 Å². The smallest absolute Gasteiger partial charge is 0.382 e. The van der Waals surface area contributed by atoms with E-state index in [1.54, 1.807) is 4.90 Å². The van der Waals surface area contributed by atoms with Crippen molar-refractivity contribution >= 4 is 11.7 Å². The van der Waals surface area contributed by atoms with Gasteiger partial charge in [-0.2, -0.15) is 13.2 Å². The van der Waals surface area contributed by atoms with E-state index in [9.17, 15) is 23.1 Å². The molecule has 1 atom stereocenters. The lowest BCUT2D eigenvalue weighted by Gasteiger charge is -2.35. The molecule has 28 heavy (non-hydrogen) atoms. The first-order valence-corrected chi connectivity index (χ1v) is 8.63. The number of benzene rings is 1. The van der Waals surface area contributed by atoms with Gasteiger partial charge in [-0.1, -0.05) is 18.7 Å². The Bertz CT molecular complexity index is 847. The van der Waals surface area contributed by atoms with Gasteiger partial charge in [0.05, 0.1) is 5.56 Å². The first-order valence-electron chi connectivity index (χ1n) is 8.63. The Morgan fingerprint density at radius 3 is 2.29 bits per heavy atom. The van der Waals surface area contributed by atoms with Crippen LogP contribution in [0.1, 0.15) is 22.9 Å². The number of nitrogens with zero attached hydrogens (tertiary/aromatic N) is 4. The number of aromatic nitrogens is 2. The summed E-state index contributed by atoms with van der Waals surface area (Å²) in [5, 5.41) is 10.7. The highest BCUT2D eigenvalue weighted by atomic mass is 19.4. The number of amides is 1. The Labute approximate surface area is 159 Å². The number of hydrogen-bond acceptors (Lipinski definition) is 5. The minimum Gasteiger partial charge on any atom is -0.382 e. The number of carbonyl (C=O) groups is 1. The van der Waals surface area contributed by atoms with Crippen LogP contribution in [0.25, 0.3) is 0 Å². The van der Waals surface area contributed by atoms with Crippen LogP contribution in [0.4, 0.5) is 19.0 Å². The Morgan fingerprint density at radius 2 is 1.71 bits per heavy atom. The average Bonchev–Trinajstić information content (AvgIpc) is 2.72. The lowest BCUT2D eigenvalue weighted by atomic mass is 10.0. The molecule has 0 spiro atoms. The Balaban J connectivity index is 1.80. The minimum absolute atomic E-state index is 0.149. The SMILES string of the molecule is C=CC(=O)N1CCN(c2nccnc2C(O)c2ccc(C(F)(F)F)cc2)CC1. The van der Waals surface area contributed by atoms with Crippen LogP contribution in [0.5, 0.6) is 0 Å². The van der Waals surface area contributed by atoms with Gasteiger partial charge >= 0.3 is 6.18 Å². The molecule has 1 aliphatic heterocycles. The third kappa shape index (κ3) is 4.14. The van der Waals surface area contributed by atoms with Crippen molar-refractivity contribution in [1.82, 2.24) is 14.9 Å². The van der Waals surface area contributed by atoms with E-state index >= 15 is 0 Å². The van der Waals surface area contributed by atoms with Gasteiger partial charge in [-0.05, 0) is 23.8 Å². The van der Waals surface area contributed by atoms with Crippen molar-refractivity contribution < 1.29 is 23.1 Å². The summed E-state index contributed by atoms with van der Waals surface area (Å²) in [5.74, 6) is 0.296. The largest absolute Gasteiger partial charge is 0.416 e. The highest BCUT2D eigenvalue weighted by Gasteiger charge is 2.31. The van der Waals surface area contributed by atoms with E-state index in [0.29, 0.717) is 32.0 Å². The molecule has 0 bridgehead atoms. The molecule has 9 heteroatoms. The lowest BCUT2D eigenvalue weighted by Crippen LogP contribution is -2.49. The number of piperazine rings is 1. The second-order valence-corrected chi connectivity index (χ2v) is 6.30. The second kappa shape index (κ2) is 7.97. The van der Waals surface area contributed by atoms with Gasteiger partial charge in [0.1, 0.15) is 11.8 Å². The fourth-order valence-electron chi connectivity index (χ4n) is 3.06. The summed E-state index contributed by atoms with van der Waals surface area (Å²) in [5.41, 5.74) is -0.244. The molecule has 1 aromatic heterocycles. The van der Waals surface area contributed by atoms with Crippen molar-refractivity contribution in [2.24, 2.45) is 0 Å². The zero-order valence-electron chi connectivity index (χ0n) is 14.9. The average molecular weight is 392 g/mol. The molecule has 2 aromatic rings. The molecule has 0 saturated carbocycles. The van der Waals surface area contributed by atoms with Gasteiger partial charge in [-0.15, -0.1) is 0 Å². The van der Waals surface area contributed by atoms with E-state index in [4.69, 9.17) is 0 Å². The fourth-order valence-corrected chi connectivity index (χ4v) is 3.06. The molecule has 1 aromatic carbocycles. The van der Waals surface area contributed by atoms with Crippen LogP contribution in [0.2, 0.25) is 0 Å². The third-order valence-corrected chi connectivity index (χ3v) is 4.58. The summed E-state index contributed by atoms with van der Waals surface area (Å²) in [6, 6.07) is 4.31. The summed E-state index contributed by atoms with van der Waals surface area (Å²) in [4.78, 5) is 23.8. The number of anilines is 1. The third-order valence-electron chi connectivity index (χ3n) is 4.58. The normalized spacial score (nSPS) is 16.0. The Kier molecular flexibility index (Phi) is 5.64. The van der Waals surface area contributed by atoms with E-state index in [1.165, 1.54) is 30.6 Å². The van der Waals surface area contributed by atoms with E-state index in [1.807, 2.05) is 4.90 Å². The molecular formula is C19H19F3N4O2. The molecular weight excluding hydrogens is 373 g/mol. The van der Waals surface area contributed by atoms with Crippen molar-refractivity contribution in [3.8, 4) is 0 Å². The lowest BCUT2D eigenvalue weighted by molar-refractivity contribution is -0.137. The van der Waals surface area contributed by atoms with Crippen LogP contribution in [-0.2, 0) is 11.0 Å². The molecule has 3 rings (SSSR count). The minimum atomic E-state index is -4.44. The monoisotopic (exact) mass is 392 g/mol. The van der Waals surface area contributed by atoms with Gasteiger partial charge in [-0.3, -0.25) is 9.78 Å². The fraction of sp³-hybridized carbons (Fsp3) is 0.316. The molecule has 1 fully saturated rings. The number of rotatable bonds is 4. The first kappa shape index (κ1) is 19.8. The zero-order chi connectivity index (χ0) is 20.3. The van der Waals surface area contributed by atoms with Crippen molar-refractivity contribution in [2.45, 2.75) is 12.3 Å². The van der Waals surface area contributed by atoms with E-state index in [0.717, 1.165) is 12.1 Å². The molecule has 1 saturated heterocycles. The van der Waals surface area contributed by atoms with Gasteiger partial charge in [0, 0.05) is 38.6 Å². The van der Waals surface area contributed by atoms with Crippen LogP contribution >= 0.6 is 0 Å². The standard InChI is InChI=1S/C19H19F3N4O2/c1-2-15(27)25-9-11-26(12-10-25)18-16(23-7-8-24-18)17(28)13-3-5-14(6-4-13)19(20,21)22/h2-8,17,28H,1,9-12H2. The number of aliphatic hydroxyl groups excluding tert-OH is 1.